The summed E-state index contributed by atoms with van der Waals surface area (Å²) in [7, 11) is 0. The van der Waals surface area contributed by atoms with E-state index in [0.717, 1.165) is 28.3 Å². The number of hydrogen-bond acceptors (Lipinski definition) is 3. The molecular weight excluding hydrogens is 343 g/mol. The van der Waals surface area contributed by atoms with Gasteiger partial charge in [-0.15, -0.1) is 0 Å². The second kappa shape index (κ2) is 7.45. The summed E-state index contributed by atoms with van der Waals surface area (Å²) < 4.78 is 22.5. The summed E-state index contributed by atoms with van der Waals surface area (Å²) >= 11 is 0. The molecule has 4 rings (SSSR count). The van der Waals surface area contributed by atoms with Gasteiger partial charge in [0.1, 0.15) is 11.6 Å². The van der Waals surface area contributed by atoms with Gasteiger partial charge in [0, 0.05) is 29.7 Å². The Labute approximate surface area is 156 Å². The van der Waals surface area contributed by atoms with Crippen LogP contribution in [-0.2, 0) is 6.54 Å². The largest absolute Gasteiger partial charge is 0.494 e. The monoisotopic (exact) mass is 362 g/mol. The van der Waals surface area contributed by atoms with Gasteiger partial charge in [-0.1, -0.05) is 0 Å². The van der Waals surface area contributed by atoms with Crippen molar-refractivity contribution in [2.45, 2.75) is 13.5 Å². The molecule has 0 aliphatic heterocycles. The molecule has 0 N–H and O–H groups in total. The summed E-state index contributed by atoms with van der Waals surface area (Å²) in [4.78, 5) is 4.11. The number of aromatic nitrogens is 4. The smallest absolute Gasteiger partial charge is 0.123 e. The lowest BCUT2D eigenvalue weighted by Gasteiger charge is -2.06. The summed E-state index contributed by atoms with van der Waals surface area (Å²) in [6.07, 6.45) is 7.41. The van der Waals surface area contributed by atoms with Crippen LogP contribution in [0.3, 0.4) is 0 Å². The SMILES string of the molecule is CCOc1ccc(-c2nn(-c3ccc(F)cc3)cc2Cn2ccnc2)cc1. The number of benzene rings is 2. The molecule has 0 aliphatic carbocycles. The van der Waals surface area contributed by atoms with Crippen LogP contribution in [0, 0.1) is 5.82 Å². The first-order chi connectivity index (χ1) is 13.2. The molecule has 5 nitrogen and oxygen atoms in total. The maximum absolute atomic E-state index is 13.3. The van der Waals surface area contributed by atoms with Crippen LogP contribution in [0.1, 0.15) is 12.5 Å². The average Bonchev–Trinajstić information content (AvgIpc) is 3.34. The summed E-state index contributed by atoms with van der Waals surface area (Å²) in [5.74, 6) is 0.562. The molecule has 0 saturated heterocycles. The fraction of sp³-hybridized carbons (Fsp3) is 0.143. The van der Waals surface area contributed by atoms with Crippen molar-refractivity contribution in [1.82, 2.24) is 19.3 Å². The second-order valence-corrected chi connectivity index (χ2v) is 6.12. The van der Waals surface area contributed by atoms with E-state index < -0.39 is 0 Å². The van der Waals surface area contributed by atoms with Gasteiger partial charge in [-0.05, 0) is 55.5 Å². The molecule has 0 aliphatic rings. The van der Waals surface area contributed by atoms with Crippen molar-refractivity contribution >= 4 is 0 Å². The van der Waals surface area contributed by atoms with Crippen molar-refractivity contribution < 1.29 is 9.13 Å². The lowest BCUT2D eigenvalue weighted by molar-refractivity contribution is 0.340. The van der Waals surface area contributed by atoms with Gasteiger partial charge >= 0.3 is 0 Å². The van der Waals surface area contributed by atoms with E-state index in [9.17, 15) is 4.39 Å². The van der Waals surface area contributed by atoms with E-state index in [1.165, 1.54) is 12.1 Å². The van der Waals surface area contributed by atoms with Crippen LogP contribution in [0.25, 0.3) is 16.9 Å². The zero-order valence-electron chi connectivity index (χ0n) is 14.9. The van der Waals surface area contributed by atoms with Gasteiger partial charge in [0.05, 0.1) is 30.9 Å². The van der Waals surface area contributed by atoms with Gasteiger partial charge in [-0.25, -0.2) is 14.1 Å². The summed E-state index contributed by atoms with van der Waals surface area (Å²) in [5, 5.41) is 4.76. The first-order valence-corrected chi connectivity index (χ1v) is 8.76. The third kappa shape index (κ3) is 3.74. The highest BCUT2D eigenvalue weighted by atomic mass is 19.1. The standard InChI is InChI=1S/C21H19FN4O/c1-2-27-20-9-3-16(4-10-20)21-17(13-25-12-11-23-15-25)14-26(24-21)19-7-5-18(22)6-8-19/h3-12,14-15H,2,13H2,1H3. The molecule has 0 fully saturated rings. The molecule has 2 aromatic carbocycles. The maximum Gasteiger partial charge on any atom is 0.123 e. The van der Waals surface area contributed by atoms with Crippen LogP contribution in [0.5, 0.6) is 5.75 Å². The molecule has 0 radical (unpaired) electrons. The number of imidazole rings is 1. The molecule has 0 atom stereocenters. The van der Waals surface area contributed by atoms with Gasteiger partial charge in [0.2, 0.25) is 0 Å². The molecule has 0 bridgehead atoms. The van der Waals surface area contributed by atoms with Gasteiger partial charge in [0.15, 0.2) is 0 Å². The van der Waals surface area contributed by atoms with Crippen LogP contribution in [-0.4, -0.2) is 25.9 Å². The number of ether oxygens (including phenoxy) is 1. The fourth-order valence-corrected chi connectivity index (χ4v) is 2.95. The molecular formula is C21H19FN4O. The Hall–Kier alpha value is -3.41. The molecule has 2 aromatic heterocycles. The van der Waals surface area contributed by atoms with Crippen molar-refractivity contribution in [3.05, 3.63) is 84.8 Å². The van der Waals surface area contributed by atoms with Gasteiger partial charge in [-0.2, -0.15) is 5.10 Å². The Bertz CT molecular complexity index is 1010. The van der Waals surface area contributed by atoms with Crippen molar-refractivity contribution in [3.8, 4) is 22.7 Å². The number of hydrogen-bond donors (Lipinski definition) is 0. The summed E-state index contributed by atoms with van der Waals surface area (Å²) in [5.41, 5.74) is 3.72. The minimum absolute atomic E-state index is 0.267. The Morgan fingerprint density at radius 2 is 1.81 bits per heavy atom. The zero-order valence-corrected chi connectivity index (χ0v) is 14.9. The van der Waals surface area contributed by atoms with E-state index in [0.29, 0.717) is 13.2 Å². The van der Waals surface area contributed by atoms with E-state index in [2.05, 4.69) is 4.98 Å². The molecule has 6 heteroatoms. The molecule has 27 heavy (non-hydrogen) atoms. The molecule has 136 valence electrons. The van der Waals surface area contributed by atoms with E-state index in [4.69, 9.17) is 9.84 Å². The highest BCUT2D eigenvalue weighted by Gasteiger charge is 2.13. The van der Waals surface area contributed by atoms with E-state index in [1.54, 1.807) is 29.3 Å². The maximum atomic E-state index is 13.3. The van der Waals surface area contributed by atoms with Crippen LogP contribution >= 0.6 is 0 Å². The summed E-state index contributed by atoms with van der Waals surface area (Å²) in [6, 6.07) is 14.2. The molecule has 0 unspecified atom stereocenters. The van der Waals surface area contributed by atoms with E-state index >= 15 is 0 Å². The Balaban J connectivity index is 1.74. The van der Waals surface area contributed by atoms with Crippen molar-refractivity contribution in [3.63, 3.8) is 0 Å². The van der Waals surface area contributed by atoms with Gasteiger partial charge in [-0.3, -0.25) is 0 Å². The lowest BCUT2D eigenvalue weighted by Crippen LogP contribution is -1.97. The Morgan fingerprint density at radius 3 is 2.48 bits per heavy atom. The minimum Gasteiger partial charge on any atom is -0.494 e. The lowest BCUT2D eigenvalue weighted by atomic mass is 10.1. The summed E-state index contributed by atoms with van der Waals surface area (Å²) in [6.45, 7) is 3.23. The highest BCUT2D eigenvalue weighted by Crippen LogP contribution is 2.26. The van der Waals surface area contributed by atoms with Crippen molar-refractivity contribution in [1.29, 1.82) is 0 Å². The first kappa shape index (κ1) is 17.0. The molecule has 0 amide bonds. The topological polar surface area (TPSA) is 44.9 Å². The molecule has 4 aromatic rings. The second-order valence-electron chi connectivity index (χ2n) is 6.12. The quantitative estimate of drug-likeness (QED) is 0.513. The van der Waals surface area contributed by atoms with Crippen LogP contribution in [0.2, 0.25) is 0 Å². The van der Waals surface area contributed by atoms with Gasteiger partial charge in [0.25, 0.3) is 0 Å². The van der Waals surface area contributed by atoms with Crippen molar-refractivity contribution in [2.75, 3.05) is 6.61 Å². The third-order valence-electron chi connectivity index (χ3n) is 4.23. The Kier molecular flexibility index (Phi) is 4.70. The minimum atomic E-state index is -0.267. The Morgan fingerprint density at radius 1 is 1.04 bits per heavy atom. The van der Waals surface area contributed by atoms with Crippen LogP contribution in [0.15, 0.2) is 73.4 Å². The third-order valence-corrected chi connectivity index (χ3v) is 4.23. The van der Waals surface area contributed by atoms with E-state index in [1.807, 2.05) is 48.1 Å². The van der Waals surface area contributed by atoms with Crippen molar-refractivity contribution in [2.24, 2.45) is 0 Å². The normalized spacial score (nSPS) is 10.9. The van der Waals surface area contributed by atoms with Crippen LogP contribution in [0.4, 0.5) is 4.39 Å². The highest BCUT2D eigenvalue weighted by molar-refractivity contribution is 5.64. The number of nitrogens with zero attached hydrogens (tertiary/aromatic N) is 4. The first-order valence-electron chi connectivity index (χ1n) is 8.76. The van der Waals surface area contributed by atoms with Crippen LogP contribution < -0.4 is 4.74 Å². The molecule has 0 saturated carbocycles. The average molecular weight is 362 g/mol. The fourth-order valence-electron chi connectivity index (χ4n) is 2.95. The molecule has 0 spiro atoms. The number of rotatable bonds is 6. The number of halogens is 1. The van der Waals surface area contributed by atoms with E-state index in [-0.39, 0.29) is 5.82 Å². The zero-order chi connectivity index (χ0) is 18.6. The predicted molar refractivity (Wildman–Crippen MR) is 101 cm³/mol. The predicted octanol–water partition coefficient (Wildman–Crippen LogP) is 4.32. The van der Waals surface area contributed by atoms with Gasteiger partial charge < -0.3 is 9.30 Å². The molecule has 2 heterocycles.